The first kappa shape index (κ1) is 15.5. The first-order valence-corrected chi connectivity index (χ1v) is 8.22. The van der Waals surface area contributed by atoms with E-state index in [0.29, 0.717) is 18.7 Å². The van der Waals surface area contributed by atoms with Gasteiger partial charge in [-0.25, -0.2) is 13.1 Å². The molecule has 1 aromatic carbocycles. The molecular weight excluding hydrogens is 288 g/mol. The minimum Gasteiger partial charge on any atom is -0.399 e. The molecule has 0 fully saturated rings. The predicted molar refractivity (Wildman–Crippen MR) is 82.4 cm³/mol. The summed E-state index contributed by atoms with van der Waals surface area (Å²) in [7, 11) is -3.51. The molecule has 0 atom stereocenters. The van der Waals surface area contributed by atoms with E-state index in [1.54, 1.807) is 18.3 Å². The molecule has 21 heavy (non-hydrogen) atoms. The Bertz CT molecular complexity index is 702. The quantitative estimate of drug-likeness (QED) is 0.556. The van der Waals surface area contributed by atoms with Gasteiger partial charge in [-0.3, -0.25) is 5.10 Å². The fourth-order valence-corrected chi connectivity index (χ4v) is 3.34. The number of aromatic nitrogens is 2. The van der Waals surface area contributed by atoms with Crippen LogP contribution in [0.25, 0.3) is 0 Å². The zero-order valence-corrected chi connectivity index (χ0v) is 13.0. The highest BCUT2D eigenvalue weighted by molar-refractivity contribution is 7.89. The van der Waals surface area contributed by atoms with Gasteiger partial charge in [-0.15, -0.1) is 0 Å². The Hall–Kier alpha value is -1.86. The molecule has 4 N–H and O–H groups in total. The highest BCUT2D eigenvalue weighted by Crippen LogP contribution is 2.16. The summed E-state index contributed by atoms with van der Waals surface area (Å²) in [6.45, 7) is 4.14. The molecule has 0 spiro atoms. The second-order valence-corrected chi connectivity index (χ2v) is 6.87. The molecule has 0 saturated heterocycles. The van der Waals surface area contributed by atoms with Crippen molar-refractivity contribution in [1.29, 1.82) is 0 Å². The van der Waals surface area contributed by atoms with Gasteiger partial charge in [-0.1, -0.05) is 0 Å². The SMILES string of the molecule is Cc1cc(N)cc(S(=O)(=O)NCCCc2cn[nH]c2C)c1. The van der Waals surface area contributed by atoms with Gasteiger partial charge in [0.25, 0.3) is 0 Å². The van der Waals surface area contributed by atoms with E-state index in [2.05, 4.69) is 14.9 Å². The number of nitrogens with two attached hydrogens (primary N) is 1. The molecule has 0 unspecified atom stereocenters. The molecule has 0 aliphatic carbocycles. The largest absolute Gasteiger partial charge is 0.399 e. The third-order valence-corrected chi connectivity index (χ3v) is 4.67. The van der Waals surface area contributed by atoms with Crippen molar-refractivity contribution in [2.24, 2.45) is 0 Å². The number of nitrogen functional groups attached to an aromatic ring is 1. The molecule has 2 aromatic rings. The molecule has 0 bridgehead atoms. The third kappa shape index (κ3) is 4.05. The summed E-state index contributed by atoms with van der Waals surface area (Å²) in [5.74, 6) is 0. The maximum atomic E-state index is 12.2. The first-order chi connectivity index (χ1) is 9.88. The number of hydrogen-bond acceptors (Lipinski definition) is 4. The van der Waals surface area contributed by atoms with E-state index in [9.17, 15) is 8.42 Å². The Morgan fingerprint density at radius 2 is 2.05 bits per heavy atom. The van der Waals surface area contributed by atoms with Crippen LogP contribution in [0, 0.1) is 13.8 Å². The van der Waals surface area contributed by atoms with E-state index in [-0.39, 0.29) is 4.90 Å². The second kappa shape index (κ2) is 6.28. The van der Waals surface area contributed by atoms with Crippen LogP contribution in [-0.4, -0.2) is 25.2 Å². The molecule has 0 saturated carbocycles. The van der Waals surface area contributed by atoms with Crippen LogP contribution in [0.3, 0.4) is 0 Å². The minimum atomic E-state index is -3.51. The first-order valence-electron chi connectivity index (χ1n) is 6.74. The minimum absolute atomic E-state index is 0.208. The summed E-state index contributed by atoms with van der Waals surface area (Å²) in [5, 5.41) is 6.80. The Morgan fingerprint density at radius 3 is 2.67 bits per heavy atom. The highest BCUT2D eigenvalue weighted by atomic mass is 32.2. The fraction of sp³-hybridized carbons (Fsp3) is 0.357. The van der Waals surface area contributed by atoms with Crippen LogP contribution in [0.1, 0.15) is 23.2 Å². The summed E-state index contributed by atoms with van der Waals surface area (Å²) in [6, 6.07) is 4.81. The van der Waals surface area contributed by atoms with Crippen molar-refractivity contribution in [3.05, 3.63) is 41.2 Å². The monoisotopic (exact) mass is 308 g/mol. The Labute approximate surface area is 124 Å². The Balaban J connectivity index is 1.94. The van der Waals surface area contributed by atoms with Crippen molar-refractivity contribution in [1.82, 2.24) is 14.9 Å². The van der Waals surface area contributed by atoms with E-state index < -0.39 is 10.0 Å². The van der Waals surface area contributed by atoms with Crippen LogP contribution >= 0.6 is 0 Å². The zero-order chi connectivity index (χ0) is 15.5. The Kier molecular flexibility index (Phi) is 4.64. The summed E-state index contributed by atoms with van der Waals surface area (Å²) in [5.41, 5.74) is 9.08. The average molecular weight is 308 g/mol. The van der Waals surface area contributed by atoms with Gasteiger partial charge in [0, 0.05) is 17.9 Å². The van der Waals surface area contributed by atoms with Gasteiger partial charge in [-0.05, 0) is 56.0 Å². The van der Waals surface area contributed by atoms with Gasteiger partial charge in [0.15, 0.2) is 0 Å². The summed E-state index contributed by atoms with van der Waals surface area (Å²) < 4.78 is 27.0. The zero-order valence-electron chi connectivity index (χ0n) is 12.2. The number of nitrogens with zero attached hydrogens (tertiary/aromatic N) is 1. The molecule has 114 valence electrons. The topological polar surface area (TPSA) is 101 Å². The number of anilines is 1. The van der Waals surface area contributed by atoms with Crippen molar-refractivity contribution in [2.45, 2.75) is 31.6 Å². The standard InChI is InChI=1S/C14H20N4O2S/c1-10-6-13(15)8-14(7-10)21(19,20)17-5-3-4-12-9-16-18-11(12)2/h6-9,17H,3-5,15H2,1-2H3,(H,16,18). The number of aryl methyl sites for hydroxylation is 3. The molecule has 0 aliphatic heterocycles. The van der Waals surface area contributed by atoms with Gasteiger partial charge in [0.2, 0.25) is 10.0 Å². The van der Waals surface area contributed by atoms with Crippen LogP contribution in [0.2, 0.25) is 0 Å². The van der Waals surface area contributed by atoms with Gasteiger partial charge < -0.3 is 5.73 Å². The molecule has 0 radical (unpaired) electrons. The molecule has 0 aliphatic rings. The van der Waals surface area contributed by atoms with Crippen molar-refractivity contribution in [2.75, 3.05) is 12.3 Å². The van der Waals surface area contributed by atoms with Crippen molar-refractivity contribution in [3.63, 3.8) is 0 Å². The van der Waals surface area contributed by atoms with E-state index in [1.807, 2.05) is 13.8 Å². The lowest BCUT2D eigenvalue weighted by atomic mass is 10.1. The number of H-pyrrole nitrogens is 1. The predicted octanol–water partition coefficient (Wildman–Crippen LogP) is 1.52. The van der Waals surface area contributed by atoms with Gasteiger partial charge in [0.05, 0.1) is 11.1 Å². The van der Waals surface area contributed by atoms with Crippen molar-refractivity contribution < 1.29 is 8.42 Å². The number of benzene rings is 1. The van der Waals surface area contributed by atoms with Gasteiger partial charge in [0.1, 0.15) is 0 Å². The van der Waals surface area contributed by atoms with Crippen LogP contribution in [0.15, 0.2) is 29.3 Å². The molecule has 7 heteroatoms. The molecule has 0 amide bonds. The van der Waals surface area contributed by atoms with E-state index in [1.165, 1.54) is 6.07 Å². The molecule has 6 nitrogen and oxygen atoms in total. The summed E-state index contributed by atoms with van der Waals surface area (Å²) in [6.07, 6.45) is 3.26. The third-order valence-electron chi connectivity index (χ3n) is 3.23. The van der Waals surface area contributed by atoms with Crippen LogP contribution < -0.4 is 10.5 Å². The number of sulfonamides is 1. The Morgan fingerprint density at radius 1 is 1.29 bits per heavy atom. The average Bonchev–Trinajstić information content (AvgIpc) is 2.79. The smallest absolute Gasteiger partial charge is 0.240 e. The molecule has 1 aromatic heterocycles. The van der Waals surface area contributed by atoms with E-state index in [4.69, 9.17) is 5.73 Å². The fourth-order valence-electron chi connectivity index (χ4n) is 2.13. The molecular formula is C14H20N4O2S. The van der Waals surface area contributed by atoms with Crippen molar-refractivity contribution >= 4 is 15.7 Å². The van der Waals surface area contributed by atoms with Crippen LogP contribution in [0.4, 0.5) is 5.69 Å². The second-order valence-electron chi connectivity index (χ2n) is 5.10. The normalized spacial score (nSPS) is 11.7. The van der Waals surface area contributed by atoms with Crippen LogP contribution in [0.5, 0.6) is 0 Å². The van der Waals surface area contributed by atoms with Gasteiger partial charge >= 0.3 is 0 Å². The number of nitrogens with one attached hydrogen (secondary N) is 2. The number of aromatic amines is 1. The van der Waals surface area contributed by atoms with Crippen LogP contribution in [-0.2, 0) is 16.4 Å². The van der Waals surface area contributed by atoms with E-state index in [0.717, 1.165) is 23.2 Å². The molecule has 2 rings (SSSR count). The summed E-state index contributed by atoms with van der Waals surface area (Å²) >= 11 is 0. The molecule has 1 heterocycles. The lowest BCUT2D eigenvalue weighted by molar-refractivity contribution is 0.579. The number of hydrogen-bond donors (Lipinski definition) is 3. The maximum absolute atomic E-state index is 12.2. The lowest BCUT2D eigenvalue weighted by Gasteiger charge is -2.08. The van der Waals surface area contributed by atoms with Crippen molar-refractivity contribution in [3.8, 4) is 0 Å². The van der Waals surface area contributed by atoms with Gasteiger partial charge in [-0.2, -0.15) is 5.10 Å². The maximum Gasteiger partial charge on any atom is 0.240 e. The lowest BCUT2D eigenvalue weighted by Crippen LogP contribution is -2.25. The number of rotatable bonds is 6. The van der Waals surface area contributed by atoms with E-state index >= 15 is 0 Å². The summed E-state index contributed by atoms with van der Waals surface area (Å²) in [4.78, 5) is 0.208. The highest BCUT2D eigenvalue weighted by Gasteiger charge is 2.14.